The van der Waals surface area contributed by atoms with Gasteiger partial charge in [-0.1, -0.05) is 0 Å². The first kappa shape index (κ1) is 10.1. The van der Waals surface area contributed by atoms with Gasteiger partial charge in [0.05, 0.1) is 0 Å². The molecule has 2 rings (SSSR count). The Morgan fingerprint density at radius 2 is 2.00 bits per heavy atom. The molecule has 1 amide bonds. The van der Waals surface area contributed by atoms with Gasteiger partial charge in [-0.15, -0.1) is 0 Å². The van der Waals surface area contributed by atoms with Gasteiger partial charge in [0.15, 0.2) is 6.19 Å². The summed E-state index contributed by atoms with van der Waals surface area (Å²) in [6.45, 7) is 1.44. The van der Waals surface area contributed by atoms with E-state index in [1.807, 2.05) is 0 Å². The molecule has 0 radical (unpaired) electrons. The van der Waals surface area contributed by atoms with Crippen molar-refractivity contribution in [2.45, 2.75) is 18.9 Å². The lowest BCUT2D eigenvalue weighted by atomic mass is 9.91. The maximum Gasteiger partial charge on any atom is 0.407 e. The first-order chi connectivity index (χ1) is 7.13. The summed E-state index contributed by atoms with van der Waals surface area (Å²) in [7, 11) is 1.64. The Morgan fingerprint density at radius 1 is 1.47 bits per heavy atom. The minimum absolute atomic E-state index is 0.118. The second kappa shape index (κ2) is 3.61. The smallest absolute Gasteiger partial charge is 0.407 e. The van der Waals surface area contributed by atoms with E-state index in [4.69, 9.17) is 10.4 Å². The first-order valence-corrected chi connectivity index (χ1v) is 5.24. The Morgan fingerprint density at radius 3 is 2.40 bits per heavy atom. The summed E-state index contributed by atoms with van der Waals surface area (Å²) in [5, 5.41) is 17.8. The largest absolute Gasteiger partial charge is 0.465 e. The van der Waals surface area contributed by atoms with Gasteiger partial charge in [-0.2, -0.15) is 5.26 Å². The topological polar surface area (TPSA) is 67.6 Å². The van der Waals surface area contributed by atoms with Crippen LogP contribution in [0, 0.1) is 23.3 Å². The van der Waals surface area contributed by atoms with Crippen molar-refractivity contribution in [3.05, 3.63) is 0 Å². The van der Waals surface area contributed by atoms with Gasteiger partial charge >= 0.3 is 6.09 Å². The van der Waals surface area contributed by atoms with Crippen molar-refractivity contribution in [2.75, 3.05) is 20.1 Å². The van der Waals surface area contributed by atoms with E-state index >= 15 is 0 Å². The fraction of sp³-hybridized carbons (Fsp3) is 0.800. The summed E-state index contributed by atoms with van der Waals surface area (Å²) in [6.07, 6.45) is 3.40. The zero-order valence-corrected chi connectivity index (χ0v) is 8.76. The molecule has 5 heteroatoms. The summed E-state index contributed by atoms with van der Waals surface area (Å²) >= 11 is 0. The summed E-state index contributed by atoms with van der Waals surface area (Å²) in [5.41, 5.74) is 0. The maximum atomic E-state index is 10.9. The van der Waals surface area contributed by atoms with Gasteiger partial charge in [0.25, 0.3) is 0 Å². The number of carbonyl (C=O) groups is 1. The Bertz CT molecular complexity index is 298. The van der Waals surface area contributed by atoms with Crippen LogP contribution in [0.2, 0.25) is 0 Å². The van der Waals surface area contributed by atoms with Crippen LogP contribution in [0.15, 0.2) is 0 Å². The number of hydrogen-bond donors (Lipinski definition) is 1. The molecule has 1 heterocycles. The van der Waals surface area contributed by atoms with Crippen LogP contribution in [0.1, 0.15) is 12.8 Å². The highest BCUT2D eigenvalue weighted by atomic mass is 16.4. The molecule has 1 aliphatic heterocycles. The normalized spacial score (nSPS) is 33.6. The van der Waals surface area contributed by atoms with E-state index in [9.17, 15) is 4.79 Å². The number of rotatable bonds is 1. The number of likely N-dealkylation sites (tertiary alicyclic amines) is 1. The third-order valence-electron chi connectivity index (χ3n) is 3.67. The van der Waals surface area contributed by atoms with Gasteiger partial charge in [0.1, 0.15) is 0 Å². The molecule has 2 aliphatic rings. The molecule has 82 valence electrons. The number of amides is 1. The number of nitriles is 1. The zero-order chi connectivity index (χ0) is 11.0. The number of piperidine rings is 1. The molecule has 15 heavy (non-hydrogen) atoms. The Labute approximate surface area is 88.9 Å². The highest BCUT2D eigenvalue weighted by molar-refractivity contribution is 5.65. The molecule has 2 bridgehead atoms. The van der Waals surface area contributed by atoms with Crippen molar-refractivity contribution in [2.24, 2.45) is 11.8 Å². The second-order valence-corrected chi connectivity index (χ2v) is 4.49. The molecule has 1 saturated carbocycles. The quantitative estimate of drug-likeness (QED) is 0.648. The van der Waals surface area contributed by atoms with Crippen molar-refractivity contribution in [1.29, 1.82) is 5.26 Å². The molecule has 2 atom stereocenters. The van der Waals surface area contributed by atoms with E-state index in [0.717, 1.165) is 25.9 Å². The lowest BCUT2D eigenvalue weighted by Gasteiger charge is -2.39. The third-order valence-corrected chi connectivity index (χ3v) is 3.67. The standard InChI is InChI=1S/C10H15N3O2/c1-12(10(14)15)9-7-2-3-8(9)5-13(4-7)6-11/h7-9H,2-5H2,1H3,(H,14,15). The van der Waals surface area contributed by atoms with Crippen molar-refractivity contribution < 1.29 is 9.90 Å². The molecule has 0 aromatic carbocycles. The van der Waals surface area contributed by atoms with Crippen LogP contribution >= 0.6 is 0 Å². The molecule has 0 aromatic rings. The predicted octanol–water partition coefficient (Wildman–Crippen LogP) is 0.788. The molecular weight excluding hydrogens is 194 g/mol. The van der Waals surface area contributed by atoms with E-state index in [0.29, 0.717) is 11.8 Å². The number of fused-ring (bicyclic) bond motifs is 2. The van der Waals surface area contributed by atoms with Crippen LogP contribution in [-0.4, -0.2) is 47.2 Å². The second-order valence-electron chi connectivity index (χ2n) is 4.49. The van der Waals surface area contributed by atoms with Crippen LogP contribution in [0.3, 0.4) is 0 Å². The van der Waals surface area contributed by atoms with Crippen LogP contribution in [0.25, 0.3) is 0 Å². The monoisotopic (exact) mass is 209 g/mol. The SMILES string of the molecule is CN(C(=O)O)C1C2CCC1CN(C#N)C2. The lowest BCUT2D eigenvalue weighted by molar-refractivity contribution is 0.0783. The van der Waals surface area contributed by atoms with Gasteiger partial charge in [-0.3, -0.25) is 0 Å². The fourth-order valence-electron chi connectivity index (χ4n) is 3.04. The van der Waals surface area contributed by atoms with E-state index < -0.39 is 6.09 Å². The molecule has 1 N–H and O–H groups in total. The van der Waals surface area contributed by atoms with E-state index in [1.165, 1.54) is 4.90 Å². The molecule has 2 unspecified atom stereocenters. The Hall–Kier alpha value is -1.44. The molecular formula is C10H15N3O2. The van der Waals surface area contributed by atoms with Gasteiger partial charge in [-0.25, -0.2) is 4.79 Å². The van der Waals surface area contributed by atoms with Crippen molar-refractivity contribution in [3.8, 4) is 6.19 Å². The first-order valence-electron chi connectivity index (χ1n) is 5.24. The third kappa shape index (κ3) is 1.60. The summed E-state index contributed by atoms with van der Waals surface area (Å²) in [5.74, 6) is 0.675. The summed E-state index contributed by atoms with van der Waals surface area (Å²) < 4.78 is 0. The van der Waals surface area contributed by atoms with Crippen molar-refractivity contribution in [1.82, 2.24) is 9.80 Å². The van der Waals surface area contributed by atoms with E-state index in [-0.39, 0.29) is 6.04 Å². The molecule has 5 nitrogen and oxygen atoms in total. The van der Waals surface area contributed by atoms with E-state index in [2.05, 4.69) is 6.19 Å². The molecule has 0 spiro atoms. The predicted molar refractivity (Wildman–Crippen MR) is 53.0 cm³/mol. The Balaban J connectivity index is 2.11. The molecule has 1 saturated heterocycles. The minimum Gasteiger partial charge on any atom is -0.465 e. The molecule has 1 aliphatic carbocycles. The summed E-state index contributed by atoms with van der Waals surface area (Å²) in [6, 6.07) is 0.118. The number of carboxylic acid groups (broad SMARTS) is 1. The number of hydrogen-bond acceptors (Lipinski definition) is 3. The van der Waals surface area contributed by atoms with Gasteiger partial charge in [0.2, 0.25) is 0 Å². The number of nitrogens with zero attached hydrogens (tertiary/aromatic N) is 3. The molecule has 0 aromatic heterocycles. The maximum absolute atomic E-state index is 10.9. The highest BCUT2D eigenvalue weighted by Gasteiger charge is 2.45. The average Bonchev–Trinajstić information content (AvgIpc) is 2.47. The summed E-state index contributed by atoms with van der Waals surface area (Å²) in [4.78, 5) is 14.1. The van der Waals surface area contributed by atoms with Gasteiger partial charge in [0, 0.05) is 26.2 Å². The van der Waals surface area contributed by atoms with Crippen LogP contribution in [0.5, 0.6) is 0 Å². The Kier molecular flexibility index (Phi) is 2.43. The average molecular weight is 209 g/mol. The van der Waals surface area contributed by atoms with Crippen LogP contribution in [-0.2, 0) is 0 Å². The zero-order valence-electron chi connectivity index (χ0n) is 8.76. The van der Waals surface area contributed by atoms with Crippen LogP contribution < -0.4 is 0 Å². The molecule has 2 fully saturated rings. The fourth-order valence-corrected chi connectivity index (χ4v) is 3.04. The van der Waals surface area contributed by atoms with Gasteiger partial charge < -0.3 is 14.9 Å². The van der Waals surface area contributed by atoms with Crippen molar-refractivity contribution >= 4 is 6.09 Å². The van der Waals surface area contributed by atoms with E-state index in [1.54, 1.807) is 11.9 Å². The van der Waals surface area contributed by atoms with Gasteiger partial charge in [-0.05, 0) is 24.7 Å². The minimum atomic E-state index is -0.859. The van der Waals surface area contributed by atoms with Crippen molar-refractivity contribution in [3.63, 3.8) is 0 Å². The van der Waals surface area contributed by atoms with Crippen LogP contribution in [0.4, 0.5) is 4.79 Å². The highest BCUT2D eigenvalue weighted by Crippen LogP contribution is 2.39. The lowest BCUT2D eigenvalue weighted by Crippen LogP contribution is -2.51.